The van der Waals surface area contributed by atoms with Gasteiger partial charge in [-0.15, -0.1) is 0 Å². The van der Waals surface area contributed by atoms with E-state index in [-0.39, 0.29) is 18.0 Å². The highest BCUT2D eigenvalue weighted by atomic mass is 16.7. The summed E-state index contributed by atoms with van der Waals surface area (Å²) in [5.74, 6) is -0.258. The van der Waals surface area contributed by atoms with Crippen LogP contribution in [0.4, 0.5) is 10.5 Å². The van der Waals surface area contributed by atoms with Gasteiger partial charge in [0.15, 0.2) is 5.60 Å². The number of urea groups is 1. The molecule has 1 aromatic carbocycles. The van der Waals surface area contributed by atoms with E-state index in [1.54, 1.807) is 4.90 Å². The van der Waals surface area contributed by atoms with Crippen LogP contribution >= 0.6 is 0 Å². The van der Waals surface area contributed by atoms with E-state index < -0.39 is 5.60 Å². The zero-order chi connectivity index (χ0) is 17.9. The maximum absolute atomic E-state index is 12.4. The minimum atomic E-state index is -0.587. The van der Waals surface area contributed by atoms with Gasteiger partial charge in [0.25, 0.3) is 5.91 Å². The van der Waals surface area contributed by atoms with Gasteiger partial charge in [-0.25, -0.2) is 4.79 Å². The summed E-state index contributed by atoms with van der Waals surface area (Å²) >= 11 is 0. The zero-order valence-corrected chi connectivity index (χ0v) is 14.6. The van der Waals surface area contributed by atoms with Crippen molar-refractivity contribution in [3.05, 3.63) is 30.3 Å². The van der Waals surface area contributed by atoms with Crippen LogP contribution in [0.5, 0.6) is 0 Å². The normalized spacial score (nSPS) is 22.5. The van der Waals surface area contributed by atoms with E-state index in [2.05, 4.69) is 15.8 Å². The van der Waals surface area contributed by atoms with Gasteiger partial charge >= 0.3 is 6.03 Å². The average Bonchev–Trinajstić information content (AvgIpc) is 2.99. The van der Waals surface area contributed by atoms with E-state index >= 15 is 0 Å². The first-order valence-corrected chi connectivity index (χ1v) is 8.64. The number of hydrogen-bond acceptors (Lipinski definition) is 4. The van der Waals surface area contributed by atoms with Gasteiger partial charge in [0, 0.05) is 24.7 Å². The van der Waals surface area contributed by atoms with Crippen molar-refractivity contribution in [1.82, 2.24) is 10.2 Å². The number of nitrogens with one attached hydrogen (secondary N) is 2. The molecule has 1 fully saturated rings. The fourth-order valence-corrected chi connectivity index (χ4v) is 3.20. The third-order valence-electron chi connectivity index (χ3n) is 4.37. The first-order chi connectivity index (χ1) is 12.0. The molecule has 2 N–H and O–H groups in total. The van der Waals surface area contributed by atoms with Gasteiger partial charge in [0.2, 0.25) is 0 Å². The summed E-state index contributed by atoms with van der Waals surface area (Å²) in [6.07, 6.45) is 2.02. The smallest absolute Gasteiger partial charge is 0.317 e. The number of amides is 3. The molecule has 0 radical (unpaired) electrons. The lowest BCUT2D eigenvalue weighted by atomic mass is 9.88. The summed E-state index contributed by atoms with van der Waals surface area (Å²) in [4.78, 5) is 32.0. The van der Waals surface area contributed by atoms with E-state index in [0.29, 0.717) is 25.2 Å². The maximum Gasteiger partial charge on any atom is 0.317 e. The predicted molar refractivity (Wildman–Crippen MR) is 95.4 cm³/mol. The van der Waals surface area contributed by atoms with E-state index in [9.17, 15) is 9.59 Å². The highest BCUT2D eigenvalue weighted by Gasteiger charge is 2.45. The average molecular weight is 344 g/mol. The monoisotopic (exact) mass is 344 g/mol. The second-order valence-electron chi connectivity index (χ2n) is 6.94. The highest BCUT2D eigenvalue weighted by Crippen LogP contribution is 2.33. The molecule has 3 amide bonds. The molecule has 1 spiro atoms. The van der Waals surface area contributed by atoms with E-state index in [1.807, 2.05) is 44.2 Å². The standard InChI is InChI=1S/C18H24N4O3/c1-13(2)19-17(24)22-10-6-9-18(12-22)11-15(21-25-18)16(23)20-14-7-4-3-5-8-14/h3-5,7-8,13H,6,9-12H2,1-2H3,(H,19,24)(H,20,23). The molecule has 1 atom stereocenters. The number of anilines is 1. The van der Waals surface area contributed by atoms with Crippen LogP contribution in [0.1, 0.15) is 33.1 Å². The van der Waals surface area contributed by atoms with Crippen molar-refractivity contribution in [2.75, 3.05) is 18.4 Å². The maximum atomic E-state index is 12.4. The first-order valence-electron chi connectivity index (χ1n) is 8.64. The van der Waals surface area contributed by atoms with Crippen molar-refractivity contribution in [3.63, 3.8) is 0 Å². The SMILES string of the molecule is CC(C)NC(=O)N1CCCC2(CC(C(=O)Nc3ccccc3)=NO2)C1. The lowest BCUT2D eigenvalue weighted by molar-refractivity contribution is -0.110. The number of hydrogen-bond donors (Lipinski definition) is 2. The molecule has 25 heavy (non-hydrogen) atoms. The van der Waals surface area contributed by atoms with Gasteiger partial charge in [0.05, 0.1) is 6.54 Å². The van der Waals surface area contributed by atoms with E-state index in [1.165, 1.54) is 0 Å². The minimum absolute atomic E-state index is 0.0818. The molecule has 0 saturated carbocycles. The van der Waals surface area contributed by atoms with Gasteiger partial charge in [0.1, 0.15) is 5.71 Å². The Morgan fingerprint density at radius 3 is 2.76 bits per heavy atom. The number of para-hydroxylation sites is 1. The Bertz CT molecular complexity index is 674. The summed E-state index contributed by atoms with van der Waals surface area (Å²) in [7, 11) is 0. The predicted octanol–water partition coefficient (Wildman–Crippen LogP) is 2.35. The van der Waals surface area contributed by atoms with Crippen LogP contribution < -0.4 is 10.6 Å². The van der Waals surface area contributed by atoms with Crippen LogP contribution in [0.2, 0.25) is 0 Å². The van der Waals surface area contributed by atoms with Gasteiger partial charge in [-0.2, -0.15) is 0 Å². The quantitative estimate of drug-likeness (QED) is 0.883. The molecule has 1 aromatic rings. The second-order valence-corrected chi connectivity index (χ2v) is 6.94. The Labute approximate surface area is 147 Å². The Morgan fingerprint density at radius 1 is 1.28 bits per heavy atom. The van der Waals surface area contributed by atoms with Gasteiger partial charge in [-0.1, -0.05) is 23.4 Å². The Hall–Kier alpha value is -2.57. The first kappa shape index (κ1) is 17.3. The van der Waals surface area contributed by atoms with Crippen LogP contribution in [-0.4, -0.2) is 47.3 Å². The largest absolute Gasteiger partial charge is 0.386 e. The lowest BCUT2D eigenvalue weighted by Crippen LogP contribution is -2.54. The molecule has 0 aliphatic carbocycles. The van der Waals surface area contributed by atoms with Crippen molar-refractivity contribution in [2.45, 2.75) is 44.8 Å². The molecule has 1 saturated heterocycles. The highest BCUT2D eigenvalue weighted by molar-refractivity contribution is 6.43. The topological polar surface area (TPSA) is 83.0 Å². The van der Waals surface area contributed by atoms with Crippen molar-refractivity contribution in [2.24, 2.45) is 5.16 Å². The molecule has 1 unspecified atom stereocenters. The summed E-state index contributed by atoms with van der Waals surface area (Å²) < 4.78 is 0. The minimum Gasteiger partial charge on any atom is -0.386 e. The molecule has 2 heterocycles. The van der Waals surface area contributed by atoms with E-state index in [4.69, 9.17) is 4.84 Å². The van der Waals surface area contributed by atoms with Crippen molar-refractivity contribution in [1.29, 1.82) is 0 Å². The molecular weight excluding hydrogens is 320 g/mol. The molecule has 2 aliphatic heterocycles. The summed E-state index contributed by atoms with van der Waals surface area (Å²) in [6.45, 7) is 4.99. The number of nitrogens with zero attached hydrogens (tertiary/aromatic N) is 2. The Kier molecular flexibility index (Phi) is 4.92. The summed E-state index contributed by atoms with van der Waals surface area (Å²) in [6, 6.07) is 9.23. The lowest BCUT2D eigenvalue weighted by Gasteiger charge is -2.38. The van der Waals surface area contributed by atoms with Crippen LogP contribution in [0.3, 0.4) is 0 Å². The van der Waals surface area contributed by atoms with Crippen molar-refractivity contribution < 1.29 is 14.4 Å². The number of piperidine rings is 1. The van der Waals surface area contributed by atoms with Crippen LogP contribution in [-0.2, 0) is 9.63 Å². The van der Waals surface area contributed by atoms with Gasteiger partial charge < -0.3 is 20.4 Å². The fraction of sp³-hybridized carbons (Fsp3) is 0.500. The molecule has 0 aromatic heterocycles. The zero-order valence-electron chi connectivity index (χ0n) is 14.6. The number of carbonyl (C=O) groups is 2. The van der Waals surface area contributed by atoms with Crippen LogP contribution in [0, 0.1) is 0 Å². The third-order valence-corrected chi connectivity index (χ3v) is 4.37. The molecule has 134 valence electrons. The fourth-order valence-electron chi connectivity index (χ4n) is 3.20. The number of benzene rings is 1. The van der Waals surface area contributed by atoms with Crippen LogP contribution in [0.15, 0.2) is 35.5 Å². The number of oxime groups is 1. The van der Waals surface area contributed by atoms with Crippen LogP contribution in [0.25, 0.3) is 0 Å². The molecule has 0 bridgehead atoms. The summed E-state index contributed by atoms with van der Waals surface area (Å²) in [5.41, 5.74) is 0.503. The molecular formula is C18H24N4O3. The number of rotatable bonds is 3. The molecule has 7 heteroatoms. The van der Waals surface area contributed by atoms with Gasteiger partial charge in [-0.05, 0) is 38.8 Å². The van der Waals surface area contributed by atoms with Crippen molar-refractivity contribution >= 4 is 23.3 Å². The molecule has 2 aliphatic rings. The number of carbonyl (C=O) groups excluding carboxylic acids is 2. The van der Waals surface area contributed by atoms with E-state index in [0.717, 1.165) is 18.5 Å². The summed E-state index contributed by atoms with van der Waals surface area (Å²) in [5, 5.41) is 9.73. The molecule has 7 nitrogen and oxygen atoms in total. The third kappa shape index (κ3) is 4.10. The Morgan fingerprint density at radius 2 is 2.04 bits per heavy atom. The second kappa shape index (κ2) is 7.13. The van der Waals surface area contributed by atoms with Crippen molar-refractivity contribution in [3.8, 4) is 0 Å². The Balaban J connectivity index is 1.60. The van der Waals surface area contributed by atoms with Gasteiger partial charge in [-0.3, -0.25) is 4.79 Å². The molecule has 3 rings (SSSR count). The number of likely N-dealkylation sites (tertiary alicyclic amines) is 1.